The Labute approximate surface area is 181 Å². The molecule has 2 aromatic rings. The van der Waals surface area contributed by atoms with Crippen LogP contribution in [0.3, 0.4) is 0 Å². The average molecular weight is 428 g/mol. The lowest BCUT2D eigenvalue weighted by molar-refractivity contribution is -0.384. The van der Waals surface area contributed by atoms with Crippen molar-refractivity contribution in [2.45, 2.75) is 39.2 Å². The summed E-state index contributed by atoms with van der Waals surface area (Å²) in [4.78, 5) is 34.9. The monoisotopic (exact) mass is 428 g/mol. The van der Waals surface area contributed by atoms with E-state index < -0.39 is 22.8 Å². The molecule has 0 saturated heterocycles. The third-order valence-electron chi connectivity index (χ3n) is 4.78. The summed E-state index contributed by atoms with van der Waals surface area (Å²) in [6.07, 6.45) is 2.16. The van der Waals surface area contributed by atoms with Crippen LogP contribution in [0.1, 0.15) is 43.9 Å². The second kappa shape index (κ2) is 11.7. The van der Waals surface area contributed by atoms with E-state index in [0.29, 0.717) is 29.4 Å². The molecule has 2 rings (SSSR count). The van der Waals surface area contributed by atoms with Crippen LogP contribution in [0.25, 0.3) is 0 Å². The number of nitro benzene ring substituents is 1. The van der Waals surface area contributed by atoms with Crippen molar-refractivity contribution >= 4 is 17.6 Å². The van der Waals surface area contributed by atoms with Gasteiger partial charge in [-0.3, -0.25) is 14.9 Å². The molecule has 2 atom stereocenters. The van der Waals surface area contributed by atoms with E-state index in [1.807, 2.05) is 0 Å². The molecule has 0 bridgehead atoms. The summed E-state index contributed by atoms with van der Waals surface area (Å²) in [7, 11) is 1.25. The molecule has 0 radical (unpaired) electrons. The summed E-state index contributed by atoms with van der Waals surface area (Å²) >= 11 is 0. The van der Waals surface area contributed by atoms with Gasteiger partial charge in [-0.25, -0.2) is 4.79 Å². The predicted octanol–water partition coefficient (Wildman–Crippen LogP) is 3.98. The van der Waals surface area contributed by atoms with E-state index in [9.17, 15) is 19.7 Å². The average Bonchev–Trinajstić information content (AvgIpc) is 2.76. The smallest absolute Gasteiger partial charge is 0.333 e. The number of ether oxygens (including phenoxy) is 2. The normalized spacial score (nSPS) is 12.5. The van der Waals surface area contributed by atoms with E-state index >= 15 is 0 Å². The van der Waals surface area contributed by atoms with Gasteiger partial charge in [0.15, 0.2) is 6.04 Å². The molecule has 1 N–H and O–H groups in total. The fourth-order valence-corrected chi connectivity index (χ4v) is 3.10. The van der Waals surface area contributed by atoms with Crippen LogP contribution in [0.5, 0.6) is 5.75 Å². The van der Waals surface area contributed by atoms with Crippen molar-refractivity contribution in [1.82, 2.24) is 5.32 Å². The maximum Gasteiger partial charge on any atom is 0.333 e. The highest BCUT2D eigenvalue weighted by Crippen LogP contribution is 2.21. The quantitative estimate of drug-likeness (QED) is 0.329. The van der Waals surface area contributed by atoms with Gasteiger partial charge in [0, 0.05) is 12.1 Å². The van der Waals surface area contributed by atoms with Crippen molar-refractivity contribution in [3.63, 3.8) is 0 Å². The van der Waals surface area contributed by atoms with Crippen molar-refractivity contribution < 1.29 is 24.0 Å². The van der Waals surface area contributed by atoms with E-state index in [0.717, 1.165) is 12.8 Å². The van der Waals surface area contributed by atoms with Crippen molar-refractivity contribution in [2.24, 2.45) is 5.92 Å². The van der Waals surface area contributed by atoms with Crippen LogP contribution in [0.2, 0.25) is 0 Å². The molecular formula is C23H28N2O6. The molecule has 0 aliphatic rings. The number of amides is 1. The Bertz CT molecular complexity index is 880. The number of carbonyl (C=O) groups is 2. The number of nitrogens with one attached hydrogen (secondary N) is 1. The number of esters is 1. The van der Waals surface area contributed by atoms with E-state index in [2.05, 4.69) is 19.2 Å². The summed E-state index contributed by atoms with van der Waals surface area (Å²) in [5.41, 5.74) is 1.11. The first-order valence-electron chi connectivity index (χ1n) is 10.2. The minimum atomic E-state index is -0.969. The van der Waals surface area contributed by atoms with Gasteiger partial charge in [0.2, 0.25) is 5.91 Å². The lowest BCUT2D eigenvalue weighted by Crippen LogP contribution is -2.35. The van der Waals surface area contributed by atoms with E-state index in [1.54, 1.807) is 24.3 Å². The number of benzene rings is 2. The van der Waals surface area contributed by atoms with Crippen LogP contribution >= 0.6 is 0 Å². The topological polar surface area (TPSA) is 108 Å². The van der Waals surface area contributed by atoms with Crippen molar-refractivity contribution in [3.8, 4) is 5.75 Å². The number of non-ortho nitro benzene ring substituents is 1. The molecular weight excluding hydrogens is 400 g/mol. The van der Waals surface area contributed by atoms with Crippen molar-refractivity contribution in [3.05, 3.63) is 69.8 Å². The van der Waals surface area contributed by atoms with Gasteiger partial charge in [-0.05, 0) is 35.6 Å². The number of hydrogen-bond donors (Lipinski definition) is 1. The first kappa shape index (κ1) is 23.9. The number of rotatable bonds is 11. The predicted molar refractivity (Wildman–Crippen MR) is 116 cm³/mol. The van der Waals surface area contributed by atoms with Crippen LogP contribution in [-0.2, 0) is 20.7 Å². The van der Waals surface area contributed by atoms with E-state index in [-0.39, 0.29) is 12.1 Å². The zero-order valence-electron chi connectivity index (χ0n) is 18.0. The highest BCUT2D eigenvalue weighted by molar-refractivity contribution is 5.86. The minimum absolute atomic E-state index is 0.0258. The molecule has 0 spiro atoms. The largest absolute Gasteiger partial charge is 0.493 e. The molecule has 1 amide bonds. The van der Waals surface area contributed by atoms with Gasteiger partial charge in [0.1, 0.15) is 5.75 Å². The molecule has 0 fully saturated rings. The van der Waals surface area contributed by atoms with Crippen molar-refractivity contribution in [1.29, 1.82) is 0 Å². The van der Waals surface area contributed by atoms with Gasteiger partial charge < -0.3 is 14.8 Å². The summed E-state index contributed by atoms with van der Waals surface area (Å²) < 4.78 is 10.6. The van der Waals surface area contributed by atoms with Gasteiger partial charge in [0.05, 0.1) is 25.1 Å². The third kappa shape index (κ3) is 7.40. The molecule has 0 heterocycles. The molecule has 8 nitrogen and oxygen atoms in total. The van der Waals surface area contributed by atoms with Gasteiger partial charge in [-0.1, -0.05) is 44.5 Å². The van der Waals surface area contributed by atoms with Crippen LogP contribution in [-0.4, -0.2) is 30.5 Å². The van der Waals surface area contributed by atoms with Crippen LogP contribution in [0.15, 0.2) is 48.5 Å². The molecule has 1 unspecified atom stereocenters. The zero-order valence-corrected chi connectivity index (χ0v) is 18.0. The lowest BCUT2D eigenvalue weighted by atomic mass is 10.1. The fourth-order valence-electron chi connectivity index (χ4n) is 3.10. The molecule has 8 heteroatoms. The number of nitro groups is 1. The molecule has 2 aromatic carbocycles. The highest BCUT2D eigenvalue weighted by Gasteiger charge is 2.24. The molecule has 0 aliphatic carbocycles. The Kier molecular flexibility index (Phi) is 8.99. The summed E-state index contributed by atoms with van der Waals surface area (Å²) in [6.45, 7) is 4.87. The van der Waals surface area contributed by atoms with E-state index in [4.69, 9.17) is 9.47 Å². The summed E-state index contributed by atoms with van der Waals surface area (Å²) in [5, 5.41) is 13.4. The van der Waals surface area contributed by atoms with Crippen LogP contribution in [0.4, 0.5) is 5.69 Å². The Morgan fingerprint density at radius 3 is 2.29 bits per heavy atom. The fraction of sp³-hybridized carbons (Fsp3) is 0.391. The van der Waals surface area contributed by atoms with Gasteiger partial charge >= 0.3 is 5.97 Å². The molecule has 0 saturated carbocycles. The Morgan fingerprint density at radius 1 is 1.10 bits per heavy atom. The SMILES string of the molecule is CCCC(C)COc1ccc([C@@H](NC(=O)Cc2ccc([N+](=O)[O-])cc2)C(=O)OC)cc1. The van der Waals surface area contributed by atoms with Gasteiger partial charge in [-0.2, -0.15) is 0 Å². The maximum atomic E-state index is 12.5. The Morgan fingerprint density at radius 2 is 1.74 bits per heavy atom. The Hall–Kier alpha value is -3.42. The van der Waals surface area contributed by atoms with Gasteiger partial charge in [0.25, 0.3) is 5.69 Å². The number of nitrogens with zero attached hydrogens (tertiary/aromatic N) is 1. The highest BCUT2D eigenvalue weighted by atomic mass is 16.6. The Balaban J connectivity index is 2.03. The van der Waals surface area contributed by atoms with E-state index in [1.165, 1.54) is 31.4 Å². The molecule has 31 heavy (non-hydrogen) atoms. The third-order valence-corrected chi connectivity index (χ3v) is 4.78. The molecule has 0 aliphatic heterocycles. The zero-order chi connectivity index (χ0) is 22.8. The maximum absolute atomic E-state index is 12.5. The standard InChI is InChI=1S/C23H28N2O6/c1-4-5-16(2)15-31-20-12-8-18(9-13-20)22(23(27)30-3)24-21(26)14-17-6-10-19(11-7-17)25(28)29/h6-13,16,22H,4-5,14-15H2,1-3H3,(H,24,26)/t16?,22-/m1/s1. The summed E-state index contributed by atoms with van der Waals surface area (Å²) in [5.74, 6) is 0.138. The lowest BCUT2D eigenvalue weighted by Gasteiger charge is -2.18. The first-order valence-corrected chi connectivity index (χ1v) is 10.2. The number of methoxy groups -OCH3 is 1. The molecule has 166 valence electrons. The first-order chi connectivity index (χ1) is 14.8. The summed E-state index contributed by atoms with van der Waals surface area (Å²) in [6, 6.07) is 11.7. The van der Waals surface area contributed by atoms with Gasteiger partial charge in [-0.15, -0.1) is 0 Å². The second-order valence-corrected chi connectivity index (χ2v) is 7.40. The molecule has 0 aromatic heterocycles. The van der Waals surface area contributed by atoms with Crippen LogP contribution < -0.4 is 10.1 Å². The minimum Gasteiger partial charge on any atom is -0.493 e. The number of carbonyl (C=O) groups excluding carboxylic acids is 2. The number of hydrogen-bond acceptors (Lipinski definition) is 6. The van der Waals surface area contributed by atoms with Crippen molar-refractivity contribution in [2.75, 3.05) is 13.7 Å². The van der Waals surface area contributed by atoms with Crippen LogP contribution in [0, 0.1) is 16.0 Å². The second-order valence-electron chi connectivity index (χ2n) is 7.40.